The average molecular weight is 284 g/mol. The van der Waals surface area contributed by atoms with Crippen LogP contribution in [0.4, 0.5) is 0 Å². The van der Waals surface area contributed by atoms with E-state index in [0.29, 0.717) is 19.6 Å². The standard InChI is InChI=1S/C13H20N2O5/c16-11(6-10-2-1-5-20-9-10)14-3-4-15(8-13(18)19)12(17)7-14/h10H,1-9H2,(H,18,19)/t10-/m0/s1. The Morgan fingerprint density at radius 2 is 2.15 bits per heavy atom. The van der Waals surface area contributed by atoms with Gasteiger partial charge in [0.15, 0.2) is 0 Å². The van der Waals surface area contributed by atoms with E-state index in [0.717, 1.165) is 19.4 Å². The van der Waals surface area contributed by atoms with Gasteiger partial charge in [0.2, 0.25) is 11.8 Å². The van der Waals surface area contributed by atoms with E-state index >= 15 is 0 Å². The topological polar surface area (TPSA) is 87.2 Å². The average Bonchev–Trinajstić information content (AvgIpc) is 2.41. The molecule has 0 spiro atoms. The molecule has 7 heteroatoms. The van der Waals surface area contributed by atoms with E-state index in [2.05, 4.69) is 0 Å². The zero-order chi connectivity index (χ0) is 14.5. The maximum absolute atomic E-state index is 12.1. The Kier molecular flexibility index (Phi) is 4.94. The highest BCUT2D eigenvalue weighted by Crippen LogP contribution is 2.18. The van der Waals surface area contributed by atoms with Gasteiger partial charge >= 0.3 is 5.97 Å². The maximum atomic E-state index is 12.1. The third kappa shape index (κ3) is 3.93. The van der Waals surface area contributed by atoms with Crippen molar-refractivity contribution in [3.8, 4) is 0 Å². The molecular formula is C13H20N2O5. The van der Waals surface area contributed by atoms with Crippen LogP contribution in [-0.2, 0) is 19.1 Å². The fraction of sp³-hybridized carbons (Fsp3) is 0.769. The van der Waals surface area contributed by atoms with Crippen molar-refractivity contribution in [2.75, 3.05) is 39.4 Å². The molecule has 0 aliphatic carbocycles. The lowest BCUT2D eigenvalue weighted by Gasteiger charge is -2.34. The first kappa shape index (κ1) is 14.8. The van der Waals surface area contributed by atoms with Crippen molar-refractivity contribution in [3.05, 3.63) is 0 Å². The van der Waals surface area contributed by atoms with Gasteiger partial charge in [-0.1, -0.05) is 0 Å². The van der Waals surface area contributed by atoms with Crippen molar-refractivity contribution in [3.63, 3.8) is 0 Å². The fourth-order valence-corrected chi connectivity index (χ4v) is 2.60. The third-order valence-electron chi connectivity index (χ3n) is 3.72. The molecule has 112 valence electrons. The first-order chi connectivity index (χ1) is 9.56. The van der Waals surface area contributed by atoms with Gasteiger partial charge in [0.05, 0.1) is 6.54 Å². The zero-order valence-electron chi connectivity index (χ0n) is 11.4. The quantitative estimate of drug-likeness (QED) is 0.756. The van der Waals surface area contributed by atoms with E-state index in [1.807, 2.05) is 0 Å². The lowest BCUT2D eigenvalue weighted by molar-refractivity contribution is -0.150. The Bertz CT molecular complexity index is 392. The number of hydrogen-bond acceptors (Lipinski definition) is 4. The molecule has 0 aromatic rings. The van der Waals surface area contributed by atoms with Crippen LogP contribution in [0.3, 0.4) is 0 Å². The van der Waals surface area contributed by atoms with E-state index in [4.69, 9.17) is 9.84 Å². The van der Waals surface area contributed by atoms with E-state index in [-0.39, 0.29) is 37.4 Å². The van der Waals surface area contributed by atoms with Crippen molar-refractivity contribution < 1.29 is 24.2 Å². The molecule has 1 atom stereocenters. The van der Waals surface area contributed by atoms with E-state index in [9.17, 15) is 14.4 Å². The second-order valence-corrected chi connectivity index (χ2v) is 5.31. The van der Waals surface area contributed by atoms with Crippen LogP contribution in [0.2, 0.25) is 0 Å². The van der Waals surface area contributed by atoms with Gasteiger partial charge in [-0.15, -0.1) is 0 Å². The van der Waals surface area contributed by atoms with Gasteiger partial charge in [0.1, 0.15) is 6.54 Å². The van der Waals surface area contributed by atoms with Crippen LogP contribution in [0.25, 0.3) is 0 Å². The lowest BCUT2D eigenvalue weighted by Crippen LogP contribution is -2.53. The summed E-state index contributed by atoms with van der Waals surface area (Å²) in [6, 6.07) is 0. The number of ether oxygens (including phenoxy) is 1. The molecule has 7 nitrogen and oxygen atoms in total. The molecular weight excluding hydrogens is 264 g/mol. The van der Waals surface area contributed by atoms with Crippen LogP contribution in [0, 0.1) is 5.92 Å². The van der Waals surface area contributed by atoms with Crippen molar-refractivity contribution in [2.45, 2.75) is 19.3 Å². The summed E-state index contributed by atoms with van der Waals surface area (Å²) in [5.41, 5.74) is 0. The van der Waals surface area contributed by atoms with Crippen LogP contribution in [-0.4, -0.2) is 72.1 Å². The summed E-state index contributed by atoms with van der Waals surface area (Å²) in [7, 11) is 0. The van der Waals surface area contributed by atoms with Crippen LogP contribution in [0.15, 0.2) is 0 Å². The van der Waals surface area contributed by atoms with Gasteiger partial charge < -0.3 is 19.6 Å². The Hall–Kier alpha value is -1.63. The molecule has 2 aliphatic rings. The molecule has 2 heterocycles. The number of carbonyl (C=O) groups is 3. The third-order valence-corrected chi connectivity index (χ3v) is 3.72. The summed E-state index contributed by atoms with van der Waals surface area (Å²) >= 11 is 0. The number of piperazine rings is 1. The Balaban J connectivity index is 1.80. The first-order valence-electron chi connectivity index (χ1n) is 6.91. The van der Waals surface area contributed by atoms with Gasteiger partial charge in [-0.2, -0.15) is 0 Å². The molecule has 2 rings (SSSR count). The Labute approximate surface area is 117 Å². The van der Waals surface area contributed by atoms with Crippen molar-refractivity contribution in [2.24, 2.45) is 5.92 Å². The summed E-state index contributed by atoms with van der Waals surface area (Å²) in [5.74, 6) is -1.13. The Morgan fingerprint density at radius 1 is 1.35 bits per heavy atom. The van der Waals surface area contributed by atoms with Crippen molar-refractivity contribution in [1.29, 1.82) is 0 Å². The van der Waals surface area contributed by atoms with Gasteiger partial charge in [-0.3, -0.25) is 14.4 Å². The van der Waals surface area contributed by atoms with Gasteiger partial charge in [-0.25, -0.2) is 0 Å². The SMILES string of the molecule is O=C(O)CN1CCN(C(=O)C[C@@H]2CCCOC2)CC1=O. The molecule has 1 N–H and O–H groups in total. The fourth-order valence-electron chi connectivity index (χ4n) is 2.60. The van der Waals surface area contributed by atoms with Crippen LogP contribution in [0.5, 0.6) is 0 Å². The number of rotatable bonds is 4. The minimum atomic E-state index is -1.03. The number of aliphatic carboxylic acids is 1. The zero-order valence-corrected chi connectivity index (χ0v) is 11.4. The van der Waals surface area contributed by atoms with E-state index in [1.165, 1.54) is 9.80 Å². The van der Waals surface area contributed by atoms with E-state index < -0.39 is 5.97 Å². The number of carboxylic acids is 1. The molecule has 0 radical (unpaired) electrons. The second-order valence-electron chi connectivity index (χ2n) is 5.31. The molecule has 0 bridgehead atoms. The van der Waals surface area contributed by atoms with Crippen molar-refractivity contribution >= 4 is 17.8 Å². The minimum Gasteiger partial charge on any atom is -0.480 e. The van der Waals surface area contributed by atoms with Crippen LogP contribution >= 0.6 is 0 Å². The van der Waals surface area contributed by atoms with E-state index in [1.54, 1.807) is 0 Å². The first-order valence-corrected chi connectivity index (χ1v) is 6.91. The predicted octanol–water partition coefficient (Wildman–Crippen LogP) is -0.441. The summed E-state index contributed by atoms with van der Waals surface area (Å²) in [5, 5.41) is 8.69. The molecule has 0 aromatic heterocycles. The highest BCUT2D eigenvalue weighted by Gasteiger charge is 2.29. The van der Waals surface area contributed by atoms with Gasteiger partial charge in [-0.05, 0) is 18.8 Å². The monoisotopic (exact) mass is 284 g/mol. The normalized spacial score (nSPS) is 23.8. The van der Waals surface area contributed by atoms with Gasteiger partial charge in [0, 0.05) is 32.7 Å². The lowest BCUT2D eigenvalue weighted by atomic mass is 9.98. The molecule has 2 amide bonds. The summed E-state index contributed by atoms with van der Waals surface area (Å²) in [4.78, 5) is 37.3. The van der Waals surface area contributed by atoms with Crippen LogP contribution < -0.4 is 0 Å². The number of carbonyl (C=O) groups excluding carboxylic acids is 2. The number of hydrogen-bond donors (Lipinski definition) is 1. The molecule has 20 heavy (non-hydrogen) atoms. The molecule has 2 fully saturated rings. The van der Waals surface area contributed by atoms with Crippen molar-refractivity contribution in [1.82, 2.24) is 9.80 Å². The summed E-state index contributed by atoms with van der Waals surface area (Å²) in [6.07, 6.45) is 2.37. The summed E-state index contributed by atoms with van der Waals surface area (Å²) in [6.45, 7) is 1.76. The maximum Gasteiger partial charge on any atom is 0.323 e. The molecule has 0 unspecified atom stereocenters. The number of nitrogens with zero attached hydrogens (tertiary/aromatic N) is 2. The second kappa shape index (κ2) is 6.69. The molecule has 2 aliphatic heterocycles. The molecule has 0 saturated carbocycles. The highest BCUT2D eigenvalue weighted by atomic mass is 16.5. The highest BCUT2D eigenvalue weighted by molar-refractivity contribution is 5.88. The Morgan fingerprint density at radius 3 is 2.75 bits per heavy atom. The van der Waals surface area contributed by atoms with Crippen LogP contribution in [0.1, 0.15) is 19.3 Å². The predicted molar refractivity (Wildman–Crippen MR) is 69.0 cm³/mol. The van der Waals surface area contributed by atoms with Gasteiger partial charge in [0.25, 0.3) is 0 Å². The number of amides is 2. The molecule has 2 saturated heterocycles. The smallest absolute Gasteiger partial charge is 0.323 e. The number of carboxylic acid groups (broad SMARTS) is 1. The minimum absolute atomic E-state index is 0.0142. The largest absolute Gasteiger partial charge is 0.480 e. The molecule has 0 aromatic carbocycles. The summed E-state index contributed by atoms with van der Waals surface area (Å²) < 4.78 is 5.34.